The molecule has 0 heterocycles. The van der Waals surface area contributed by atoms with E-state index in [0.717, 1.165) is 0 Å². The van der Waals surface area contributed by atoms with Crippen LogP contribution in [0.1, 0.15) is 0 Å². The zero-order chi connectivity index (χ0) is 25.1. The van der Waals surface area contributed by atoms with Gasteiger partial charge in [-0.3, -0.25) is 0 Å². The first-order chi connectivity index (χ1) is 18.8. The van der Waals surface area contributed by atoms with Crippen LogP contribution in [0.5, 0.6) is 0 Å². The van der Waals surface area contributed by atoms with E-state index in [2.05, 4.69) is 146 Å². The van der Waals surface area contributed by atoms with Gasteiger partial charge in [-0.15, -0.1) is 0 Å². The van der Waals surface area contributed by atoms with Crippen molar-refractivity contribution in [2.45, 2.75) is 0 Å². The third-order valence-electron chi connectivity index (χ3n) is 8.01. The highest BCUT2D eigenvalue weighted by atomic mass is 14.2. The predicted molar refractivity (Wildman–Crippen MR) is 164 cm³/mol. The van der Waals surface area contributed by atoms with E-state index in [0.29, 0.717) is 0 Å². The standard InChI is InChI=1S/C38H24/c1-3-10-26(11-4-1)31-19-17-28-18-20-33-35(27-12-5-2-6-13-27)24-36(34-22-21-32(31)37(28)38(33)34)30-16-15-25-9-7-8-14-29(25)23-30/h1-24H. The van der Waals surface area contributed by atoms with Gasteiger partial charge in [0.2, 0.25) is 0 Å². The second kappa shape index (κ2) is 8.30. The molecule has 8 aromatic rings. The molecule has 0 saturated heterocycles. The number of fused-ring (bicyclic) bond motifs is 1. The average Bonchev–Trinajstić information content (AvgIpc) is 3.00. The van der Waals surface area contributed by atoms with Gasteiger partial charge in [-0.1, -0.05) is 133 Å². The fraction of sp³-hybridized carbons (Fsp3) is 0. The van der Waals surface area contributed by atoms with Crippen LogP contribution in [0.25, 0.3) is 76.5 Å². The summed E-state index contributed by atoms with van der Waals surface area (Å²) in [6.07, 6.45) is 0. The summed E-state index contributed by atoms with van der Waals surface area (Å²) in [5, 5.41) is 10.4. The van der Waals surface area contributed by atoms with Gasteiger partial charge in [0.25, 0.3) is 0 Å². The summed E-state index contributed by atoms with van der Waals surface area (Å²) in [6.45, 7) is 0. The number of benzene rings is 8. The molecule has 0 nitrogen and oxygen atoms in total. The summed E-state index contributed by atoms with van der Waals surface area (Å²) in [5.41, 5.74) is 7.59. The minimum absolute atomic E-state index is 1.25. The fourth-order valence-electron chi connectivity index (χ4n) is 6.22. The lowest BCUT2D eigenvalue weighted by Crippen LogP contribution is -1.92. The van der Waals surface area contributed by atoms with Gasteiger partial charge >= 0.3 is 0 Å². The predicted octanol–water partition coefficient (Wildman–Crippen LogP) is 10.7. The Labute approximate surface area is 221 Å². The third kappa shape index (κ3) is 3.17. The Kier molecular flexibility index (Phi) is 4.62. The Morgan fingerprint density at radius 1 is 0.263 bits per heavy atom. The lowest BCUT2D eigenvalue weighted by molar-refractivity contribution is 1.64. The van der Waals surface area contributed by atoms with Crippen LogP contribution in [-0.2, 0) is 0 Å². The maximum atomic E-state index is 2.40. The van der Waals surface area contributed by atoms with Gasteiger partial charge in [-0.05, 0) is 88.6 Å². The molecular weight excluding hydrogens is 456 g/mol. The van der Waals surface area contributed by atoms with Crippen LogP contribution in [0, 0.1) is 0 Å². The molecule has 0 saturated carbocycles. The van der Waals surface area contributed by atoms with Crippen molar-refractivity contribution in [1.82, 2.24) is 0 Å². The Morgan fingerprint density at radius 3 is 1.53 bits per heavy atom. The molecule has 8 rings (SSSR count). The largest absolute Gasteiger partial charge is 0.0622 e. The summed E-state index contributed by atoms with van der Waals surface area (Å²) in [6, 6.07) is 53.3. The molecule has 0 atom stereocenters. The molecule has 0 aliphatic carbocycles. The summed E-state index contributed by atoms with van der Waals surface area (Å²) in [7, 11) is 0. The molecule has 0 aliphatic rings. The van der Waals surface area contributed by atoms with Gasteiger partial charge in [0, 0.05) is 0 Å². The van der Waals surface area contributed by atoms with E-state index in [1.54, 1.807) is 0 Å². The Bertz CT molecular complexity index is 2100. The number of hydrogen-bond donors (Lipinski definition) is 0. The summed E-state index contributed by atoms with van der Waals surface area (Å²) in [5.74, 6) is 0. The topological polar surface area (TPSA) is 0 Å². The lowest BCUT2D eigenvalue weighted by atomic mass is 9.84. The molecule has 0 spiro atoms. The van der Waals surface area contributed by atoms with Crippen molar-refractivity contribution in [3.8, 4) is 33.4 Å². The molecule has 38 heavy (non-hydrogen) atoms. The molecule has 0 fully saturated rings. The molecule has 0 heteroatoms. The van der Waals surface area contributed by atoms with Crippen molar-refractivity contribution in [3.05, 3.63) is 146 Å². The minimum Gasteiger partial charge on any atom is -0.0622 e. The maximum absolute atomic E-state index is 2.40. The quantitative estimate of drug-likeness (QED) is 0.221. The smallest absolute Gasteiger partial charge is 0.00141 e. The average molecular weight is 481 g/mol. The highest BCUT2D eigenvalue weighted by Gasteiger charge is 2.18. The van der Waals surface area contributed by atoms with Crippen LogP contribution < -0.4 is 0 Å². The summed E-state index contributed by atoms with van der Waals surface area (Å²) >= 11 is 0. The third-order valence-corrected chi connectivity index (χ3v) is 8.01. The van der Waals surface area contributed by atoms with Crippen LogP contribution >= 0.6 is 0 Å². The van der Waals surface area contributed by atoms with Gasteiger partial charge in [0.1, 0.15) is 0 Å². The zero-order valence-corrected chi connectivity index (χ0v) is 20.9. The zero-order valence-electron chi connectivity index (χ0n) is 20.9. The monoisotopic (exact) mass is 480 g/mol. The molecule has 176 valence electrons. The van der Waals surface area contributed by atoms with Crippen molar-refractivity contribution >= 4 is 43.1 Å². The lowest BCUT2D eigenvalue weighted by Gasteiger charge is -2.19. The first-order valence-corrected chi connectivity index (χ1v) is 13.2. The summed E-state index contributed by atoms with van der Waals surface area (Å²) in [4.78, 5) is 0. The van der Waals surface area contributed by atoms with Crippen molar-refractivity contribution in [2.24, 2.45) is 0 Å². The SMILES string of the molecule is c1ccc(-c2ccc3ccc4c(-c5ccccc5)cc(-c5ccc6ccccc6c5)c5ccc2c3c45)cc1. The second-order valence-electron chi connectivity index (χ2n) is 10.1. The first kappa shape index (κ1) is 21.2. The summed E-state index contributed by atoms with van der Waals surface area (Å²) < 4.78 is 0. The van der Waals surface area contributed by atoms with Crippen LogP contribution in [0.4, 0.5) is 0 Å². The Morgan fingerprint density at radius 2 is 0.789 bits per heavy atom. The number of hydrogen-bond acceptors (Lipinski definition) is 0. The van der Waals surface area contributed by atoms with Gasteiger partial charge < -0.3 is 0 Å². The fourth-order valence-corrected chi connectivity index (χ4v) is 6.22. The van der Waals surface area contributed by atoms with Gasteiger partial charge in [0.05, 0.1) is 0 Å². The Hall–Kier alpha value is -4.94. The van der Waals surface area contributed by atoms with E-state index in [4.69, 9.17) is 0 Å². The van der Waals surface area contributed by atoms with Gasteiger partial charge in [0.15, 0.2) is 0 Å². The molecule has 0 unspecified atom stereocenters. The highest BCUT2D eigenvalue weighted by Crippen LogP contribution is 2.46. The minimum atomic E-state index is 1.25. The maximum Gasteiger partial charge on any atom is -0.00141 e. The van der Waals surface area contributed by atoms with Crippen molar-refractivity contribution in [1.29, 1.82) is 0 Å². The molecule has 0 bridgehead atoms. The molecule has 0 N–H and O–H groups in total. The van der Waals surface area contributed by atoms with Crippen molar-refractivity contribution in [3.63, 3.8) is 0 Å². The molecule has 8 aromatic carbocycles. The van der Waals surface area contributed by atoms with Crippen molar-refractivity contribution < 1.29 is 0 Å². The van der Waals surface area contributed by atoms with E-state index in [9.17, 15) is 0 Å². The highest BCUT2D eigenvalue weighted by molar-refractivity contribution is 6.30. The van der Waals surface area contributed by atoms with Crippen LogP contribution in [0.2, 0.25) is 0 Å². The van der Waals surface area contributed by atoms with Crippen LogP contribution in [-0.4, -0.2) is 0 Å². The van der Waals surface area contributed by atoms with Crippen LogP contribution in [0.15, 0.2) is 146 Å². The molecule has 0 amide bonds. The molecular formula is C38H24. The molecule has 0 aromatic heterocycles. The van der Waals surface area contributed by atoms with E-state index in [1.807, 2.05) is 0 Å². The van der Waals surface area contributed by atoms with Gasteiger partial charge in [-0.25, -0.2) is 0 Å². The normalized spacial score (nSPS) is 11.7. The first-order valence-electron chi connectivity index (χ1n) is 13.2. The second-order valence-corrected chi connectivity index (χ2v) is 10.1. The molecule has 0 aliphatic heterocycles. The van der Waals surface area contributed by atoms with E-state index in [1.165, 1.54) is 76.5 Å². The Balaban J connectivity index is 1.53. The molecule has 0 radical (unpaired) electrons. The van der Waals surface area contributed by atoms with E-state index < -0.39 is 0 Å². The van der Waals surface area contributed by atoms with Crippen LogP contribution in [0.3, 0.4) is 0 Å². The van der Waals surface area contributed by atoms with Crippen molar-refractivity contribution in [2.75, 3.05) is 0 Å². The van der Waals surface area contributed by atoms with Gasteiger partial charge in [-0.2, -0.15) is 0 Å². The van der Waals surface area contributed by atoms with E-state index >= 15 is 0 Å². The number of rotatable bonds is 3. The van der Waals surface area contributed by atoms with E-state index in [-0.39, 0.29) is 0 Å².